The molecule has 4 heteroatoms. The smallest absolute Gasteiger partial charge is 0.159 e. The number of anilines is 2. The SMILES string of the molecule is CC(=O)c1ccc(F)c(Nc2cc(Cl)ccc2C)c1. The van der Waals surface area contributed by atoms with E-state index in [1.807, 2.05) is 13.0 Å². The van der Waals surface area contributed by atoms with Crippen LogP contribution in [0.25, 0.3) is 0 Å². The van der Waals surface area contributed by atoms with Gasteiger partial charge in [0, 0.05) is 16.3 Å². The first-order valence-corrected chi connectivity index (χ1v) is 6.19. The van der Waals surface area contributed by atoms with Gasteiger partial charge in [0.05, 0.1) is 5.69 Å². The number of carbonyl (C=O) groups is 1. The van der Waals surface area contributed by atoms with E-state index in [0.717, 1.165) is 5.56 Å². The van der Waals surface area contributed by atoms with Gasteiger partial charge in [0.1, 0.15) is 5.82 Å². The number of benzene rings is 2. The summed E-state index contributed by atoms with van der Waals surface area (Å²) in [6.07, 6.45) is 0. The molecule has 0 aliphatic heterocycles. The van der Waals surface area contributed by atoms with Crippen LogP contribution in [-0.2, 0) is 0 Å². The maximum absolute atomic E-state index is 13.7. The lowest BCUT2D eigenvalue weighted by Crippen LogP contribution is -1.99. The second kappa shape index (κ2) is 5.41. The Bertz CT molecular complexity index is 640. The highest BCUT2D eigenvalue weighted by Gasteiger charge is 2.08. The minimum Gasteiger partial charge on any atom is -0.353 e. The van der Waals surface area contributed by atoms with Gasteiger partial charge >= 0.3 is 0 Å². The number of hydrogen-bond donors (Lipinski definition) is 1. The summed E-state index contributed by atoms with van der Waals surface area (Å²) >= 11 is 5.92. The van der Waals surface area contributed by atoms with E-state index in [9.17, 15) is 9.18 Å². The predicted octanol–water partition coefficient (Wildman–Crippen LogP) is 4.73. The highest BCUT2D eigenvalue weighted by Crippen LogP contribution is 2.26. The van der Waals surface area contributed by atoms with Crippen LogP contribution in [0.4, 0.5) is 15.8 Å². The lowest BCUT2D eigenvalue weighted by atomic mass is 10.1. The fraction of sp³-hybridized carbons (Fsp3) is 0.133. The molecule has 0 amide bonds. The van der Waals surface area contributed by atoms with E-state index in [4.69, 9.17) is 11.6 Å². The number of hydrogen-bond acceptors (Lipinski definition) is 2. The Morgan fingerprint density at radius 1 is 1.16 bits per heavy atom. The van der Waals surface area contributed by atoms with Crippen molar-refractivity contribution in [2.45, 2.75) is 13.8 Å². The van der Waals surface area contributed by atoms with Crippen molar-refractivity contribution >= 4 is 28.8 Å². The molecule has 19 heavy (non-hydrogen) atoms. The molecule has 0 aliphatic rings. The number of carbonyl (C=O) groups excluding carboxylic acids is 1. The van der Waals surface area contributed by atoms with Crippen LogP contribution in [0.5, 0.6) is 0 Å². The number of Topliss-reactive ketones (excluding diaryl/α,β-unsaturated/α-hetero) is 1. The molecule has 2 aromatic carbocycles. The Hall–Kier alpha value is -1.87. The molecule has 0 saturated heterocycles. The Kier molecular flexibility index (Phi) is 3.86. The van der Waals surface area contributed by atoms with Gasteiger partial charge in [0.2, 0.25) is 0 Å². The molecule has 0 saturated carbocycles. The third-order valence-corrected chi connectivity index (χ3v) is 3.08. The molecular formula is C15H13ClFNO. The monoisotopic (exact) mass is 277 g/mol. The van der Waals surface area contributed by atoms with Crippen LogP contribution in [0.2, 0.25) is 5.02 Å². The third kappa shape index (κ3) is 3.12. The van der Waals surface area contributed by atoms with Crippen molar-refractivity contribution < 1.29 is 9.18 Å². The predicted molar refractivity (Wildman–Crippen MR) is 75.9 cm³/mol. The average Bonchev–Trinajstić information content (AvgIpc) is 2.36. The minimum atomic E-state index is -0.413. The van der Waals surface area contributed by atoms with Crippen molar-refractivity contribution in [1.29, 1.82) is 0 Å². The summed E-state index contributed by atoms with van der Waals surface area (Å²) < 4.78 is 13.7. The van der Waals surface area contributed by atoms with Crippen LogP contribution >= 0.6 is 11.6 Å². The van der Waals surface area contributed by atoms with E-state index in [-0.39, 0.29) is 11.5 Å². The summed E-state index contributed by atoms with van der Waals surface area (Å²) in [6, 6.07) is 9.57. The summed E-state index contributed by atoms with van der Waals surface area (Å²) in [4.78, 5) is 11.3. The van der Waals surface area contributed by atoms with Crippen molar-refractivity contribution in [2.24, 2.45) is 0 Å². The maximum Gasteiger partial charge on any atom is 0.159 e. The first-order chi connectivity index (χ1) is 8.97. The fourth-order valence-corrected chi connectivity index (χ4v) is 1.89. The van der Waals surface area contributed by atoms with Crippen LogP contribution in [-0.4, -0.2) is 5.78 Å². The zero-order valence-corrected chi connectivity index (χ0v) is 11.4. The van der Waals surface area contributed by atoms with E-state index >= 15 is 0 Å². The fourth-order valence-electron chi connectivity index (χ4n) is 1.71. The highest BCUT2D eigenvalue weighted by molar-refractivity contribution is 6.30. The van der Waals surface area contributed by atoms with Crippen molar-refractivity contribution in [2.75, 3.05) is 5.32 Å². The lowest BCUT2D eigenvalue weighted by Gasteiger charge is -2.11. The molecule has 1 N–H and O–H groups in total. The number of nitrogens with one attached hydrogen (secondary N) is 1. The normalized spacial score (nSPS) is 10.3. The molecule has 2 nitrogen and oxygen atoms in total. The second-order valence-corrected chi connectivity index (χ2v) is 4.77. The highest BCUT2D eigenvalue weighted by atomic mass is 35.5. The van der Waals surface area contributed by atoms with Crippen LogP contribution in [0, 0.1) is 12.7 Å². The second-order valence-electron chi connectivity index (χ2n) is 4.34. The largest absolute Gasteiger partial charge is 0.353 e. The maximum atomic E-state index is 13.7. The lowest BCUT2D eigenvalue weighted by molar-refractivity contribution is 0.101. The van der Waals surface area contributed by atoms with Gasteiger partial charge in [-0.15, -0.1) is 0 Å². The van der Waals surface area contributed by atoms with Gasteiger partial charge < -0.3 is 5.32 Å². The Morgan fingerprint density at radius 2 is 1.89 bits per heavy atom. The molecule has 0 fully saturated rings. The first-order valence-electron chi connectivity index (χ1n) is 5.81. The van der Waals surface area contributed by atoms with Crippen molar-refractivity contribution in [3.8, 4) is 0 Å². The molecule has 0 heterocycles. The summed E-state index contributed by atoms with van der Waals surface area (Å²) in [6.45, 7) is 3.34. The molecule has 0 aliphatic carbocycles. The summed E-state index contributed by atoms with van der Waals surface area (Å²) in [5.74, 6) is -0.518. The molecule has 2 aromatic rings. The summed E-state index contributed by atoms with van der Waals surface area (Å²) in [7, 11) is 0. The zero-order valence-electron chi connectivity index (χ0n) is 10.6. The van der Waals surface area contributed by atoms with Gasteiger partial charge in [-0.05, 0) is 49.7 Å². The summed E-state index contributed by atoms with van der Waals surface area (Å²) in [5.41, 5.74) is 2.38. The number of halogens is 2. The minimum absolute atomic E-state index is 0.106. The van der Waals surface area contributed by atoms with Gasteiger partial charge in [-0.25, -0.2) is 4.39 Å². The number of rotatable bonds is 3. The standard InChI is InChI=1S/C15H13ClFNO/c1-9-3-5-12(16)8-14(9)18-15-7-11(10(2)19)4-6-13(15)17/h3-8,18H,1-2H3. The van der Waals surface area contributed by atoms with Crippen LogP contribution in [0.15, 0.2) is 36.4 Å². The molecule has 0 aromatic heterocycles. The average molecular weight is 278 g/mol. The summed E-state index contributed by atoms with van der Waals surface area (Å²) in [5, 5.41) is 3.53. The molecular weight excluding hydrogens is 265 g/mol. The van der Waals surface area contributed by atoms with Crippen LogP contribution < -0.4 is 5.32 Å². The molecule has 98 valence electrons. The van der Waals surface area contributed by atoms with Gasteiger partial charge in [0.25, 0.3) is 0 Å². The van der Waals surface area contributed by atoms with Gasteiger partial charge in [-0.1, -0.05) is 17.7 Å². The van der Waals surface area contributed by atoms with Gasteiger partial charge in [0.15, 0.2) is 5.78 Å². The molecule has 0 spiro atoms. The van der Waals surface area contributed by atoms with E-state index in [0.29, 0.717) is 16.3 Å². The van der Waals surface area contributed by atoms with Crippen molar-refractivity contribution in [3.63, 3.8) is 0 Å². The first kappa shape index (κ1) is 13.6. The van der Waals surface area contributed by atoms with E-state index in [1.54, 1.807) is 12.1 Å². The Balaban J connectivity index is 2.40. The van der Waals surface area contributed by atoms with Crippen molar-refractivity contribution in [3.05, 3.63) is 58.4 Å². The Labute approximate surface area is 116 Å². The number of ketones is 1. The molecule has 0 unspecified atom stereocenters. The molecule has 0 atom stereocenters. The third-order valence-electron chi connectivity index (χ3n) is 2.84. The van der Waals surface area contributed by atoms with E-state index in [2.05, 4.69) is 5.32 Å². The molecule has 0 radical (unpaired) electrons. The van der Waals surface area contributed by atoms with E-state index in [1.165, 1.54) is 25.1 Å². The van der Waals surface area contributed by atoms with Crippen molar-refractivity contribution in [1.82, 2.24) is 0 Å². The molecule has 2 rings (SSSR count). The van der Waals surface area contributed by atoms with Crippen LogP contribution in [0.3, 0.4) is 0 Å². The van der Waals surface area contributed by atoms with Gasteiger partial charge in [-0.3, -0.25) is 4.79 Å². The van der Waals surface area contributed by atoms with E-state index < -0.39 is 5.82 Å². The quantitative estimate of drug-likeness (QED) is 0.822. The number of aryl methyl sites for hydroxylation is 1. The van der Waals surface area contributed by atoms with Crippen LogP contribution in [0.1, 0.15) is 22.8 Å². The zero-order chi connectivity index (χ0) is 14.0. The topological polar surface area (TPSA) is 29.1 Å². The van der Waals surface area contributed by atoms with Gasteiger partial charge in [-0.2, -0.15) is 0 Å². The molecule has 0 bridgehead atoms. The Morgan fingerprint density at radius 3 is 2.58 bits per heavy atom.